The predicted octanol–water partition coefficient (Wildman–Crippen LogP) is 6.45. The van der Waals surface area contributed by atoms with E-state index in [-0.39, 0.29) is 11.7 Å². The van der Waals surface area contributed by atoms with Crippen LogP contribution in [0.15, 0.2) is 90.1 Å². The molecule has 0 fully saturated rings. The van der Waals surface area contributed by atoms with Crippen molar-refractivity contribution in [1.82, 2.24) is 9.97 Å². The van der Waals surface area contributed by atoms with Gasteiger partial charge in [-0.3, -0.25) is 4.79 Å². The second-order valence-corrected chi connectivity index (χ2v) is 8.95. The highest BCUT2D eigenvalue weighted by molar-refractivity contribution is 7.98. The van der Waals surface area contributed by atoms with Gasteiger partial charge in [0.15, 0.2) is 5.16 Å². The standard InChI is InChI=1S/C26H22ClFN4OS/c1-32(16-18-5-3-2-4-6-18)24-15-23(27)30-26(31-24)34-17-19-7-9-20(10-8-19)25(33)29-22-13-11-21(28)12-14-22/h2-15H,16-17H2,1H3,(H,29,33). The molecule has 4 aromatic rings. The van der Waals surface area contributed by atoms with Crippen molar-refractivity contribution in [3.8, 4) is 0 Å². The van der Waals surface area contributed by atoms with Crippen LogP contribution in [0.25, 0.3) is 0 Å². The maximum atomic E-state index is 13.0. The van der Waals surface area contributed by atoms with Crippen LogP contribution in [0.4, 0.5) is 15.9 Å². The molecule has 0 spiro atoms. The van der Waals surface area contributed by atoms with Crippen LogP contribution in [-0.4, -0.2) is 22.9 Å². The molecule has 1 aromatic heterocycles. The van der Waals surface area contributed by atoms with E-state index < -0.39 is 0 Å². The molecule has 0 aliphatic heterocycles. The zero-order valence-electron chi connectivity index (χ0n) is 18.4. The first kappa shape index (κ1) is 23.7. The average molecular weight is 493 g/mol. The van der Waals surface area contributed by atoms with E-state index in [4.69, 9.17) is 11.6 Å². The number of rotatable bonds is 8. The summed E-state index contributed by atoms with van der Waals surface area (Å²) in [6, 6.07) is 24.8. The molecule has 8 heteroatoms. The molecule has 3 aromatic carbocycles. The van der Waals surface area contributed by atoms with Crippen molar-refractivity contribution in [3.63, 3.8) is 0 Å². The van der Waals surface area contributed by atoms with Crippen LogP contribution in [0.3, 0.4) is 0 Å². The quantitative estimate of drug-likeness (QED) is 0.174. The SMILES string of the molecule is CN(Cc1ccccc1)c1cc(Cl)nc(SCc2ccc(C(=O)Nc3ccc(F)cc3)cc2)n1. The lowest BCUT2D eigenvalue weighted by Gasteiger charge is -2.19. The molecule has 0 atom stereocenters. The van der Waals surface area contributed by atoms with Gasteiger partial charge in [0.1, 0.15) is 16.8 Å². The average Bonchev–Trinajstić information content (AvgIpc) is 2.85. The van der Waals surface area contributed by atoms with Crippen molar-refractivity contribution in [1.29, 1.82) is 0 Å². The monoisotopic (exact) mass is 492 g/mol. The van der Waals surface area contributed by atoms with Crippen LogP contribution in [-0.2, 0) is 12.3 Å². The fraction of sp³-hybridized carbons (Fsp3) is 0.115. The van der Waals surface area contributed by atoms with Crippen LogP contribution in [0.1, 0.15) is 21.5 Å². The molecule has 0 radical (unpaired) electrons. The number of benzene rings is 3. The maximum Gasteiger partial charge on any atom is 0.255 e. The summed E-state index contributed by atoms with van der Waals surface area (Å²) < 4.78 is 13.0. The summed E-state index contributed by atoms with van der Waals surface area (Å²) in [4.78, 5) is 23.4. The van der Waals surface area contributed by atoms with Crippen LogP contribution < -0.4 is 10.2 Å². The van der Waals surface area contributed by atoms with Gasteiger partial charge in [0, 0.05) is 36.7 Å². The molecule has 1 amide bonds. The second-order valence-electron chi connectivity index (χ2n) is 7.62. The molecule has 0 saturated carbocycles. The van der Waals surface area contributed by atoms with Gasteiger partial charge in [0.25, 0.3) is 5.91 Å². The molecule has 172 valence electrons. The molecule has 1 heterocycles. The van der Waals surface area contributed by atoms with Crippen LogP contribution in [0.2, 0.25) is 5.15 Å². The predicted molar refractivity (Wildman–Crippen MR) is 136 cm³/mol. The molecule has 5 nitrogen and oxygen atoms in total. The number of nitrogens with one attached hydrogen (secondary N) is 1. The lowest BCUT2D eigenvalue weighted by atomic mass is 10.1. The van der Waals surface area contributed by atoms with Gasteiger partial charge in [-0.15, -0.1) is 0 Å². The zero-order chi connectivity index (χ0) is 23.9. The van der Waals surface area contributed by atoms with Crippen LogP contribution in [0.5, 0.6) is 0 Å². The van der Waals surface area contributed by atoms with Crippen molar-refractivity contribution in [2.75, 3.05) is 17.3 Å². The number of thioether (sulfide) groups is 1. The van der Waals surface area contributed by atoms with Crippen LogP contribution >= 0.6 is 23.4 Å². The number of carbonyl (C=O) groups excluding carboxylic acids is 1. The summed E-state index contributed by atoms with van der Waals surface area (Å²) >= 11 is 7.73. The van der Waals surface area contributed by atoms with E-state index in [1.807, 2.05) is 42.3 Å². The van der Waals surface area contributed by atoms with E-state index >= 15 is 0 Å². The number of carbonyl (C=O) groups is 1. The largest absolute Gasteiger partial charge is 0.355 e. The molecule has 34 heavy (non-hydrogen) atoms. The minimum atomic E-state index is -0.349. The smallest absolute Gasteiger partial charge is 0.255 e. The Morgan fingerprint density at radius 2 is 1.68 bits per heavy atom. The summed E-state index contributed by atoms with van der Waals surface area (Å²) in [5.41, 5.74) is 3.25. The second kappa shape index (κ2) is 11.1. The Hall–Kier alpha value is -3.42. The fourth-order valence-electron chi connectivity index (χ4n) is 3.22. The van der Waals surface area contributed by atoms with E-state index in [2.05, 4.69) is 27.4 Å². The summed E-state index contributed by atoms with van der Waals surface area (Å²) in [6.45, 7) is 0.708. The van der Waals surface area contributed by atoms with Gasteiger partial charge in [-0.1, -0.05) is 65.8 Å². The number of amides is 1. The topological polar surface area (TPSA) is 58.1 Å². The molecule has 1 N–H and O–H groups in total. The fourth-order valence-corrected chi connectivity index (χ4v) is 4.26. The Morgan fingerprint density at radius 3 is 2.38 bits per heavy atom. The number of hydrogen-bond donors (Lipinski definition) is 1. The number of aromatic nitrogens is 2. The molecule has 0 saturated heterocycles. The first-order chi connectivity index (χ1) is 16.5. The molecule has 0 unspecified atom stereocenters. The van der Waals surface area contributed by atoms with Gasteiger partial charge in [-0.2, -0.15) is 0 Å². The number of nitrogens with zero attached hydrogens (tertiary/aromatic N) is 3. The Kier molecular flexibility index (Phi) is 7.77. The minimum absolute atomic E-state index is 0.255. The minimum Gasteiger partial charge on any atom is -0.355 e. The lowest BCUT2D eigenvalue weighted by molar-refractivity contribution is 0.102. The Bertz CT molecular complexity index is 1250. The zero-order valence-corrected chi connectivity index (χ0v) is 20.0. The van der Waals surface area contributed by atoms with Gasteiger partial charge >= 0.3 is 0 Å². The summed E-state index contributed by atoms with van der Waals surface area (Å²) in [5, 5.41) is 3.73. The molecular weight excluding hydrogens is 471 g/mol. The van der Waals surface area contributed by atoms with Gasteiger partial charge in [0.2, 0.25) is 0 Å². The molecule has 0 aliphatic rings. The Labute approximate surface area is 207 Å². The van der Waals surface area contributed by atoms with Crippen LogP contribution in [0, 0.1) is 5.82 Å². The summed E-state index contributed by atoms with van der Waals surface area (Å²) in [6.07, 6.45) is 0. The van der Waals surface area contributed by atoms with Crippen molar-refractivity contribution in [2.24, 2.45) is 0 Å². The van der Waals surface area contributed by atoms with E-state index in [0.29, 0.717) is 33.9 Å². The van der Waals surface area contributed by atoms with Gasteiger partial charge in [-0.05, 0) is 47.5 Å². The summed E-state index contributed by atoms with van der Waals surface area (Å²) in [7, 11) is 1.97. The van der Waals surface area contributed by atoms with Gasteiger partial charge in [-0.25, -0.2) is 14.4 Å². The highest BCUT2D eigenvalue weighted by Crippen LogP contribution is 2.25. The maximum absolute atomic E-state index is 13.0. The highest BCUT2D eigenvalue weighted by atomic mass is 35.5. The highest BCUT2D eigenvalue weighted by Gasteiger charge is 2.10. The first-order valence-electron chi connectivity index (χ1n) is 10.5. The van der Waals surface area contributed by atoms with E-state index in [9.17, 15) is 9.18 Å². The van der Waals surface area contributed by atoms with Gasteiger partial charge in [0.05, 0.1) is 0 Å². The van der Waals surface area contributed by atoms with Crippen molar-refractivity contribution >= 4 is 40.8 Å². The first-order valence-corrected chi connectivity index (χ1v) is 11.9. The van der Waals surface area contributed by atoms with E-state index in [1.54, 1.807) is 18.2 Å². The lowest BCUT2D eigenvalue weighted by Crippen LogP contribution is -2.18. The number of anilines is 2. The molecular formula is C26H22ClFN4OS. The van der Waals surface area contributed by atoms with E-state index in [1.165, 1.54) is 41.6 Å². The third kappa shape index (κ3) is 6.56. The molecule has 0 aliphatic carbocycles. The van der Waals surface area contributed by atoms with Crippen molar-refractivity contribution < 1.29 is 9.18 Å². The molecule has 0 bridgehead atoms. The number of halogens is 2. The normalized spacial score (nSPS) is 10.7. The number of hydrogen-bond acceptors (Lipinski definition) is 5. The van der Waals surface area contributed by atoms with E-state index in [0.717, 1.165) is 11.4 Å². The van der Waals surface area contributed by atoms with Gasteiger partial charge < -0.3 is 10.2 Å². The Balaban J connectivity index is 1.36. The third-order valence-electron chi connectivity index (χ3n) is 5.00. The third-order valence-corrected chi connectivity index (χ3v) is 6.11. The summed E-state index contributed by atoms with van der Waals surface area (Å²) in [5.74, 6) is 0.773. The van der Waals surface area contributed by atoms with Crippen molar-refractivity contribution in [3.05, 3.63) is 113 Å². The van der Waals surface area contributed by atoms with Crippen molar-refractivity contribution in [2.45, 2.75) is 17.5 Å². The molecule has 4 rings (SSSR count). The Morgan fingerprint density at radius 1 is 0.971 bits per heavy atom.